The van der Waals surface area contributed by atoms with Crippen LogP contribution >= 0.6 is 11.6 Å². The first-order valence-electron chi connectivity index (χ1n) is 8.48. The van der Waals surface area contributed by atoms with Crippen LogP contribution in [0.15, 0.2) is 42.5 Å². The molecule has 2 rings (SSSR count). The second-order valence-corrected chi connectivity index (χ2v) is 6.62. The van der Waals surface area contributed by atoms with Crippen LogP contribution in [0, 0.1) is 0 Å². The van der Waals surface area contributed by atoms with Crippen LogP contribution in [0.3, 0.4) is 0 Å². The molecule has 0 unspecified atom stereocenters. The van der Waals surface area contributed by atoms with E-state index in [1.54, 1.807) is 7.11 Å². The Morgan fingerprint density at radius 2 is 1.84 bits per heavy atom. The monoisotopic (exact) mass is 362 g/mol. The van der Waals surface area contributed by atoms with Crippen molar-refractivity contribution in [3.05, 3.63) is 58.6 Å². The van der Waals surface area contributed by atoms with Crippen molar-refractivity contribution in [2.75, 3.05) is 34.3 Å². The molecular weight excluding hydrogens is 336 g/mol. The third-order valence-electron chi connectivity index (χ3n) is 3.80. The van der Waals surface area contributed by atoms with Crippen LogP contribution in [-0.2, 0) is 13.2 Å². The van der Waals surface area contributed by atoms with Gasteiger partial charge in [-0.2, -0.15) is 0 Å². The van der Waals surface area contributed by atoms with E-state index in [2.05, 4.69) is 24.3 Å². The van der Waals surface area contributed by atoms with Gasteiger partial charge in [0.2, 0.25) is 0 Å². The molecule has 0 heterocycles. The van der Waals surface area contributed by atoms with E-state index in [0.29, 0.717) is 23.1 Å². The van der Waals surface area contributed by atoms with Crippen LogP contribution in [0.5, 0.6) is 11.5 Å². The zero-order chi connectivity index (χ0) is 18.1. The van der Waals surface area contributed by atoms with Crippen molar-refractivity contribution in [2.24, 2.45) is 0 Å². The van der Waals surface area contributed by atoms with Crippen LogP contribution in [0.4, 0.5) is 0 Å². The normalized spacial score (nSPS) is 10.9. The third-order valence-corrected chi connectivity index (χ3v) is 4.08. The molecule has 0 amide bonds. The molecule has 0 saturated heterocycles. The van der Waals surface area contributed by atoms with Gasteiger partial charge in [-0.05, 0) is 56.9 Å². The van der Waals surface area contributed by atoms with Crippen molar-refractivity contribution in [1.82, 2.24) is 10.2 Å². The first kappa shape index (κ1) is 19.6. The fraction of sp³-hybridized carbons (Fsp3) is 0.400. The van der Waals surface area contributed by atoms with Crippen molar-refractivity contribution in [2.45, 2.75) is 19.6 Å². The number of hydrogen-bond acceptors (Lipinski definition) is 4. The van der Waals surface area contributed by atoms with Gasteiger partial charge in [0.15, 0.2) is 11.5 Å². The molecule has 0 fully saturated rings. The van der Waals surface area contributed by atoms with E-state index in [1.807, 2.05) is 42.5 Å². The largest absolute Gasteiger partial charge is 0.493 e. The molecule has 0 aliphatic rings. The lowest BCUT2D eigenvalue weighted by atomic mass is 10.2. The Morgan fingerprint density at radius 1 is 1.08 bits per heavy atom. The minimum absolute atomic E-state index is 0.457. The van der Waals surface area contributed by atoms with Crippen molar-refractivity contribution in [3.8, 4) is 11.5 Å². The molecule has 0 atom stereocenters. The van der Waals surface area contributed by atoms with Crippen molar-refractivity contribution < 1.29 is 9.47 Å². The lowest BCUT2D eigenvalue weighted by molar-refractivity contribution is 0.284. The number of ether oxygens (including phenoxy) is 2. The molecule has 5 heteroatoms. The molecule has 4 nitrogen and oxygen atoms in total. The van der Waals surface area contributed by atoms with Crippen molar-refractivity contribution in [3.63, 3.8) is 0 Å². The summed E-state index contributed by atoms with van der Waals surface area (Å²) in [6.07, 6.45) is 1.11. The number of hydrogen-bond donors (Lipinski definition) is 1. The summed E-state index contributed by atoms with van der Waals surface area (Å²) in [4.78, 5) is 2.18. The maximum atomic E-state index is 6.42. The number of methoxy groups -OCH3 is 1. The number of rotatable bonds is 10. The lowest BCUT2D eigenvalue weighted by Crippen LogP contribution is -2.21. The number of halogens is 1. The second-order valence-electron chi connectivity index (χ2n) is 6.22. The van der Waals surface area contributed by atoms with E-state index in [-0.39, 0.29) is 0 Å². The highest BCUT2D eigenvalue weighted by Crippen LogP contribution is 2.37. The predicted molar refractivity (Wildman–Crippen MR) is 104 cm³/mol. The second kappa shape index (κ2) is 10.3. The minimum atomic E-state index is 0.457. The zero-order valence-electron chi connectivity index (χ0n) is 15.2. The molecule has 0 aromatic heterocycles. The minimum Gasteiger partial charge on any atom is -0.493 e. The summed E-state index contributed by atoms with van der Waals surface area (Å²) in [5.74, 6) is 1.25. The Morgan fingerprint density at radius 3 is 2.52 bits per heavy atom. The Kier molecular flexibility index (Phi) is 8.06. The summed E-state index contributed by atoms with van der Waals surface area (Å²) in [6.45, 7) is 3.25. The number of nitrogens with zero attached hydrogens (tertiary/aromatic N) is 1. The molecule has 0 saturated carbocycles. The van der Waals surface area contributed by atoms with E-state index in [1.165, 1.54) is 0 Å². The van der Waals surface area contributed by atoms with Crippen molar-refractivity contribution in [1.29, 1.82) is 0 Å². The maximum absolute atomic E-state index is 6.42. The van der Waals surface area contributed by atoms with Gasteiger partial charge in [0, 0.05) is 6.54 Å². The molecule has 25 heavy (non-hydrogen) atoms. The van der Waals surface area contributed by atoms with Gasteiger partial charge in [0.25, 0.3) is 0 Å². The highest BCUT2D eigenvalue weighted by Gasteiger charge is 2.12. The van der Waals surface area contributed by atoms with Gasteiger partial charge in [-0.15, -0.1) is 0 Å². The Labute approximate surface area is 155 Å². The SMILES string of the molecule is COc1cc(CNCCCN(C)C)cc(Cl)c1OCc1ccccc1. The highest BCUT2D eigenvalue weighted by atomic mass is 35.5. The molecule has 0 spiro atoms. The summed E-state index contributed by atoms with van der Waals surface area (Å²) >= 11 is 6.42. The van der Waals surface area contributed by atoms with Gasteiger partial charge in [0.05, 0.1) is 12.1 Å². The van der Waals surface area contributed by atoms with Gasteiger partial charge in [-0.25, -0.2) is 0 Å². The molecule has 136 valence electrons. The van der Waals surface area contributed by atoms with Crippen LogP contribution in [0.2, 0.25) is 5.02 Å². The lowest BCUT2D eigenvalue weighted by Gasteiger charge is -2.15. The van der Waals surface area contributed by atoms with Gasteiger partial charge in [-0.1, -0.05) is 41.9 Å². The smallest absolute Gasteiger partial charge is 0.180 e. The van der Waals surface area contributed by atoms with E-state index < -0.39 is 0 Å². The van der Waals surface area contributed by atoms with Gasteiger partial charge < -0.3 is 19.7 Å². The third kappa shape index (κ3) is 6.58. The van der Waals surface area contributed by atoms with Crippen molar-refractivity contribution >= 4 is 11.6 Å². The van der Waals surface area contributed by atoms with Crippen LogP contribution in [0.25, 0.3) is 0 Å². The van der Waals surface area contributed by atoms with E-state index in [4.69, 9.17) is 21.1 Å². The summed E-state index contributed by atoms with van der Waals surface area (Å²) in [5.41, 5.74) is 2.17. The first-order valence-corrected chi connectivity index (χ1v) is 8.86. The number of nitrogens with one attached hydrogen (secondary N) is 1. The van der Waals surface area contributed by atoms with E-state index >= 15 is 0 Å². The zero-order valence-corrected chi connectivity index (χ0v) is 16.0. The molecule has 2 aromatic rings. The Bertz CT molecular complexity index is 648. The first-order chi connectivity index (χ1) is 12.1. The summed E-state index contributed by atoms with van der Waals surface area (Å²) in [6, 6.07) is 13.9. The fourth-order valence-electron chi connectivity index (χ4n) is 2.50. The molecule has 0 bridgehead atoms. The fourth-order valence-corrected chi connectivity index (χ4v) is 2.79. The molecule has 0 aliphatic heterocycles. The maximum Gasteiger partial charge on any atom is 0.180 e. The van der Waals surface area contributed by atoms with Crippen LogP contribution in [-0.4, -0.2) is 39.2 Å². The molecule has 0 aliphatic carbocycles. The van der Waals surface area contributed by atoms with Crippen LogP contribution < -0.4 is 14.8 Å². The average Bonchev–Trinajstić information content (AvgIpc) is 2.60. The van der Waals surface area contributed by atoms with Gasteiger partial charge in [0.1, 0.15) is 6.61 Å². The number of benzene rings is 2. The standard InChI is InChI=1S/C20H27ClN2O2/c1-23(2)11-7-10-22-14-17-12-18(21)20(19(13-17)24-3)25-15-16-8-5-4-6-9-16/h4-6,8-9,12-13,22H,7,10-11,14-15H2,1-3H3. The Balaban J connectivity index is 1.95. The summed E-state index contributed by atoms with van der Waals surface area (Å²) < 4.78 is 11.4. The molecule has 2 aromatic carbocycles. The Hall–Kier alpha value is -1.75. The quantitative estimate of drug-likeness (QED) is 0.648. The highest BCUT2D eigenvalue weighted by molar-refractivity contribution is 6.32. The molecular formula is C20H27ClN2O2. The van der Waals surface area contributed by atoms with Gasteiger partial charge >= 0.3 is 0 Å². The van der Waals surface area contributed by atoms with E-state index in [0.717, 1.165) is 37.2 Å². The topological polar surface area (TPSA) is 33.7 Å². The van der Waals surface area contributed by atoms with Crippen LogP contribution in [0.1, 0.15) is 17.5 Å². The predicted octanol–water partition coefficient (Wildman–Crippen LogP) is 3.97. The summed E-state index contributed by atoms with van der Waals surface area (Å²) in [5, 5.41) is 4.00. The average molecular weight is 363 g/mol. The van der Waals surface area contributed by atoms with E-state index in [9.17, 15) is 0 Å². The molecule has 1 N–H and O–H groups in total. The van der Waals surface area contributed by atoms with Gasteiger partial charge in [-0.3, -0.25) is 0 Å². The molecule has 0 radical (unpaired) electrons. The summed E-state index contributed by atoms with van der Waals surface area (Å²) in [7, 11) is 5.80.